The van der Waals surface area contributed by atoms with Crippen molar-refractivity contribution in [3.63, 3.8) is 0 Å². The molecule has 0 spiro atoms. The van der Waals surface area contributed by atoms with Crippen LogP contribution in [0.15, 0.2) is 29.1 Å². The maximum absolute atomic E-state index is 13.1. The second kappa shape index (κ2) is 12.4. The van der Waals surface area contributed by atoms with Crippen molar-refractivity contribution in [2.45, 2.75) is 45.2 Å². The summed E-state index contributed by atoms with van der Waals surface area (Å²) in [5.74, 6) is 0.437. The molecule has 1 unspecified atom stereocenters. The SMILES string of the molecule is COCCn1c(C(C)N(CCCCCCN)C(=O)COC)nc2ccccc2c1=O. The molecule has 30 heavy (non-hydrogen) atoms. The fourth-order valence-corrected chi connectivity index (χ4v) is 3.56. The Morgan fingerprint density at radius 1 is 1.17 bits per heavy atom. The van der Waals surface area contributed by atoms with Crippen LogP contribution in [0.2, 0.25) is 0 Å². The van der Waals surface area contributed by atoms with Gasteiger partial charge in [0.2, 0.25) is 5.91 Å². The van der Waals surface area contributed by atoms with Crippen molar-refractivity contribution in [2.75, 3.05) is 40.5 Å². The van der Waals surface area contributed by atoms with Gasteiger partial charge in [0.1, 0.15) is 12.4 Å². The van der Waals surface area contributed by atoms with Crippen molar-refractivity contribution in [1.29, 1.82) is 0 Å². The van der Waals surface area contributed by atoms with Gasteiger partial charge >= 0.3 is 0 Å². The van der Waals surface area contributed by atoms with Crippen LogP contribution in [0.4, 0.5) is 0 Å². The zero-order chi connectivity index (χ0) is 21.9. The van der Waals surface area contributed by atoms with Gasteiger partial charge in [-0.05, 0) is 38.4 Å². The van der Waals surface area contributed by atoms with Crippen LogP contribution in [-0.2, 0) is 20.8 Å². The standard InChI is InChI=1S/C22H34N4O4/c1-17(25(20(27)16-30-3)13-9-5-4-8-12-23)21-24-19-11-7-6-10-18(19)22(28)26(21)14-15-29-2/h6-7,10-11,17H,4-5,8-9,12-16,23H2,1-3H3. The van der Waals surface area contributed by atoms with Crippen LogP contribution >= 0.6 is 0 Å². The Kier molecular flexibility index (Phi) is 9.93. The summed E-state index contributed by atoms with van der Waals surface area (Å²) in [5.41, 5.74) is 6.07. The van der Waals surface area contributed by atoms with Crippen molar-refractivity contribution < 1.29 is 14.3 Å². The first-order chi connectivity index (χ1) is 14.5. The number of para-hydroxylation sites is 1. The molecule has 2 N–H and O–H groups in total. The predicted molar refractivity (Wildman–Crippen MR) is 117 cm³/mol. The fraction of sp³-hybridized carbons (Fsp3) is 0.591. The van der Waals surface area contributed by atoms with Gasteiger partial charge in [-0.3, -0.25) is 14.2 Å². The monoisotopic (exact) mass is 418 g/mol. The van der Waals surface area contributed by atoms with Crippen LogP contribution in [0.25, 0.3) is 10.9 Å². The number of ether oxygens (including phenoxy) is 2. The summed E-state index contributed by atoms with van der Waals surface area (Å²) >= 11 is 0. The number of methoxy groups -OCH3 is 2. The van der Waals surface area contributed by atoms with Gasteiger partial charge in [-0.1, -0.05) is 25.0 Å². The first-order valence-electron chi connectivity index (χ1n) is 10.5. The molecular weight excluding hydrogens is 384 g/mol. The van der Waals surface area contributed by atoms with E-state index in [2.05, 4.69) is 0 Å². The maximum atomic E-state index is 13.1. The molecule has 166 valence electrons. The molecule has 8 nitrogen and oxygen atoms in total. The zero-order valence-electron chi connectivity index (χ0n) is 18.3. The predicted octanol–water partition coefficient (Wildman–Crippen LogP) is 2.10. The molecular formula is C22H34N4O4. The molecule has 0 fully saturated rings. The second-order valence-electron chi connectivity index (χ2n) is 7.34. The van der Waals surface area contributed by atoms with Gasteiger partial charge in [0.15, 0.2) is 0 Å². The molecule has 2 aromatic rings. The number of carbonyl (C=O) groups excluding carboxylic acids is 1. The largest absolute Gasteiger partial charge is 0.383 e. The molecule has 1 amide bonds. The highest BCUT2D eigenvalue weighted by Crippen LogP contribution is 2.21. The lowest BCUT2D eigenvalue weighted by molar-refractivity contribution is -0.137. The maximum Gasteiger partial charge on any atom is 0.261 e. The van der Waals surface area contributed by atoms with E-state index in [-0.39, 0.29) is 24.1 Å². The van der Waals surface area contributed by atoms with E-state index in [1.807, 2.05) is 25.1 Å². The van der Waals surface area contributed by atoms with E-state index in [4.69, 9.17) is 20.2 Å². The Labute approximate surface area is 178 Å². The van der Waals surface area contributed by atoms with Crippen molar-refractivity contribution >= 4 is 16.8 Å². The summed E-state index contributed by atoms with van der Waals surface area (Å²) in [6, 6.07) is 6.89. The van der Waals surface area contributed by atoms with E-state index in [0.717, 1.165) is 25.7 Å². The lowest BCUT2D eigenvalue weighted by atomic mass is 10.1. The summed E-state index contributed by atoms with van der Waals surface area (Å²) in [6.45, 7) is 3.90. The Morgan fingerprint density at radius 2 is 1.90 bits per heavy atom. The summed E-state index contributed by atoms with van der Waals surface area (Å²) in [4.78, 5) is 32.5. The lowest BCUT2D eigenvalue weighted by Crippen LogP contribution is -2.40. The Balaban J connectivity index is 2.39. The number of aromatic nitrogens is 2. The Bertz CT molecular complexity index is 868. The Morgan fingerprint density at radius 3 is 2.60 bits per heavy atom. The fourth-order valence-electron chi connectivity index (χ4n) is 3.56. The molecule has 1 atom stereocenters. The molecule has 0 bridgehead atoms. The molecule has 1 aromatic heterocycles. The number of benzene rings is 1. The third-order valence-corrected chi connectivity index (χ3v) is 5.19. The molecule has 8 heteroatoms. The number of amides is 1. The van der Waals surface area contributed by atoms with Gasteiger partial charge in [0.25, 0.3) is 5.56 Å². The first-order valence-corrected chi connectivity index (χ1v) is 10.5. The smallest absolute Gasteiger partial charge is 0.261 e. The van der Waals surface area contributed by atoms with E-state index in [1.54, 1.807) is 22.6 Å². The average Bonchev–Trinajstić information content (AvgIpc) is 2.75. The molecule has 1 aromatic carbocycles. The molecule has 0 aliphatic heterocycles. The second-order valence-corrected chi connectivity index (χ2v) is 7.34. The van der Waals surface area contributed by atoms with E-state index in [1.165, 1.54) is 7.11 Å². The molecule has 0 aliphatic carbocycles. The normalized spacial score (nSPS) is 12.3. The van der Waals surface area contributed by atoms with E-state index >= 15 is 0 Å². The number of carbonyl (C=O) groups is 1. The highest BCUT2D eigenvalue weighted by Gasteiger charge is 2.25. The van der Waals surface area contributed by atoms with Crippen molar-refractivity contribution in [1.82, 2.24) is 14.5 Å². The number of hydrogen-bond donors (Lipinski definition) is 1. The van der Waals surface area contributed by atoms with Crippen LogP contribution in [-0.4, -0.2) is 60.9 Å². The summed E-state index contributed by atoms with van der Waals surface area (Å²) < 4.78 is 11.9. The van der Waals surface area contributed by atoms with E-state index in [0.29, 0.717) is 43.0 Å². The van der Waals surface area contributed by atoms with Gasteiger partial charge in [-0.15, -0.1) is 0 Å². The summed E-state index contributed by atoms with van der Waals surface area (Å²) in [7, 11) is 3.10. The van der Waals surface area contributed by atoms with Gasteiger partial charge in [-0.2, -0.15) is 0 Å². The van der Waals surface area contributed by atoms with Crippen molar-refractivity contribution in [2.24, 2.45) is 5.73 Å². The van der Waals surface area contributed by atoms with Crippen molar-refractivity contribution in [3.05, 3.63) is 40.4 Å². The number of rotatable bonds is 13. The summed E-state index contributed by atoms with van der Waals surface area (Å²) in [6.07, 6.45) is 3.85. The third-order valence-electron chi connectivity index (χ3n) is 5.19. The molecule has 0 saturated carbocycles. The highest BCUT2D eigenvalue weighted by molar-refractivity contribution is 5.79. The van der Waals surface area contributed by atoms with Crippen LogP contribution < -0.4 is 11.3 Å². The number of fused-ring (bicyclic) bond motifs is 1. The van der Waals surface area contributed by atoms with Crippen molar-refractivity contribution in [3.8, 4) is 0 Å². The van der Waals surface area contributed by atoms with Gasteiger partial charge in [-0.25, -0.2) is 4.98 Å². The molecule has 0 aliphatic rings. The lowest BCUT2D eigenvalue weighted by Gasteiger charge is -2.30. The Hall–Kier alpha value is -2.29. The van der Waals surface area contributed by atoms with Gasteiger partial charge in [0.05, 0.1) is 30.1 Å². The van der Waals surface area contributed by atoms with Gasteiger partial charge in [0, 0.05) is 20.8 Å². The molecule has 1 heterocycles. The first kappa shape index (κ1) is 24.0. The minimum absolute atomic E-state index is 0.0109. The summed E-state index contributed by atoms with van der Waals surface area (Å²) in [5, 5.41) is 0.557. The number of nitrogens with two attached hydrogens (primary N) is 1. The van der Waals surface area contributed by atoms with Crippen LogP contribution in [0, 0.1) is 0 Å². The van der Waals surface area contributed by atoms with Crippen LogP contribution in [0.1, 0.15) is 44.5 Å². The minimum atomic E-state index is -0.378. The van der Waals surface area contributed by atoms with Gasteiger partial charge < -0.3 is 20.1 Å². The molecule has 2 rings (SSSR count). The zero-order valence-corrected chi connectivity index (χ0v) is 18.3. The van der Waals surface area contributed by atoms with E-state index < -0.39 is 0 Å². The number of hydrogen-bond acceptors (Lipinski definition) is 6. The number of nitrogens with zero attached hydrogens (tertiary/aromatic N) is 3. The van der Waals surface area contributed by atoms with Crippen LogP contribution in [0.3, 0.4) is 0 Å². The third kappa shape index (κ3) is 6.10. The molecule has 0 radical (unpaired) electrons. The quantitative estimate of drug-likeness (QED) is 0.500. The number of unbranched alkanes of at least 4 members (excludes halogenated alkanes) is 3. The highest BCUT2D eigenvalue weighted by atomic mass is 16.5. The topological polar surface area (TPSA) is 99.7 Å². The van der Waals surface area contributed by atoms with Crippen LogP contribution in [0.5, 0.6) is 0 Å². The average molecular weight is 419 g/mol. The minimum Gasteiger partial charge on any atom is -0.383 e. The van der Waals surface area contributed by atoms with E-state index in [9.17, 15) is 9.59 Å². The molecule has 0 saturated heterocycles.